The minimum atomic E-state index is 0.574. The van der Waals surface area contributed by atoms with Crippen molar-refractivity contribution in [3.63, 3.8) is 0 Å². The Kier molecular flexibility index (Phi) is 6.31. The quantitative estimate of drug-likeness (QED) is 0.596. The standard InChI is InChI=1S/C18H22N2O4/c1-21-15-7-5-13(9-17(15)23-3)11-19-20-12-14-6-8-16(22-2)18(10-14)24-4/h5-11,20H,12H2,1-4H3/b19-11+. The zero-order chi connectivity index (χ0) is 17.4. The highest BCUT2D eigenvalue weighted by molar-refractivity contribution is 5.80. The molecule has 0 saturated carbocycles. The Morgan fingerprint density at radius 2 is 1.38 bits per heavy atom. The highest BCUT2D eigenvalue weighted by atomic mass is 16.5. The molecule has 2 aromatic carbocycles. The minimum Gasteiger partial charge on any atom is -0.493 e. The van der Waals surface area contributed by atoms with Gasteiger partial charge in [-0.15, -0.1) is 0 Å². The summed E-state index contributed by atoms with van der Waals surface area (Å²) in [6.45, 7) is 0.574. The normalized spacial score (nSPS) is 10.5. The Labute approximate surface area is 142 Å². The summed E-state index contributed by atoms with van der Waals surface area (Å²) in [4.78, 5) is 0. The lowest BCUT2D eigenvalue weighted by Gasteiger charge is -2.09. The molecule has 0 aliphatic heterocycles. The molecule has 0 aliphatic rings. The molecule has 0 saturated heterocycles. The Morgan fingerprint density at radius 1 is 0.792 bits per heavy atom. The van der Waals surface area contributed by atoms with Gasteiger partial charge in [0.1, 0.15) is 0 Å². The molecule has 1 N–H and O–H groups in total. The minimum absolute atomic E-state index is 0.574. The van der Waals surface area contributed by atoms with Crippen LogP contribution in [-0.4, -0.2) is 34.7 Å². The Morgan fingerprint density at radius 3 is 2.00 bits per heavy atom. The molecule has 0 aromatic heterocycles. The van der Waals surface area contributed by atoms with Gasteiger partial charge in [-0.25, -0.2) is 0 Å². The maximum atomic E-state index is 5.28. The topological polar surface area (TPSA) is 61.3 Å². The molecule has 0 bridgehead atoms. The number of nitrogens with zero attached hydrogens (tertiary/aromatic N) is 1. The van der Waals surface area contributed by atoms with Gasteiger partial charge in [0.25, 0.3) is 0 Å². The first kappa shape index (κ1) is 17.5. The monoisotopic (exact) mass is 330 g/mol. The second kappa shape index (κ2) is 8.67. The van der Waals surface area contributed by atoms with Crippen molar-refractivity contribution in [2.45, 2.75) is 6.54 Å². The highest BCUT2D eigenvalue weighted by Gasteiger charge is 2.04. The van der Waals surface area contributed by atoms with Crippen molar-refractivity contribution >= 4 is 6.21 Å². The van der Waals surface area contributed by atoms with E-state index < -0.39 is 0 Å². The SMILES string of the molecule is COc1ccc(/C=N/NCc2ccc(OC)c(OC)c2)cc1OC. The molecule has 0 unspecified atom stereocenters. The second-order valence-corrected chi connectivity index (χ2v) is 4.90. The van der Waals surface area contributed by atoms with E-state index in [1.165, 1.54) is 0 Å². The van der Waals surface area contributed by atoms with Gasteiger partial charge in [0, 0.05) is 0 Å². The summed E-state index contributed by atoms with van der Waals surface area (Å²) >= 11 is 0. The van der Waals surface area contributed by atoms with Crippen molar-refractivity contribution in [3.05, 3.63) is 47.5 Å². The van der Waals surface area contributed by atoms with Crippen LogP contribution in [0.2, 0.25) is 0 Å². The zero-order valence-electron chi connectivity index (χ0n) is 14.3. The van der Waals surface area contributed by atoms with Crippen molar-refractivity contribution in [2.24, 2.45) is 5.10 Å². The molecule has 0 fully saturated rings. The van der Waals surface area contributed by atoms with Crippen molar-refractivity contribution in [2.75, 3.05) is 28.4 Å². The van der Waals surface area contributed by atoms with Crippen LogP contribution in [0.15, 0.2) is 41.5 Å². The molecule has 0 amide bonds. The fourth-order valence-electron chi connectivity index (χ4n) is 2.18. The van der Waals surface area contributed by atoms with Crippen LogP contribution in [0.5, 0.6) is 23.0 Å². The average molecular weight is 330 g/mol. The third kappa shape index (κ3) is 4.32. The van der Waals surface area contributed by atoms with E-state index in [0.29, 0.717) is 29.5 Å². The van der Waals surface area contributed by atoms with E-state index in [4.69, 9.17) is 18.9 Å². The van der Waals surface area contributed by atoms with Crippen LogP contribution in [0.4, 0.5) is 0 Å². The molecule has 0 radical (unpaired) electrons. The first-order valence-electron chi connectivity index (χ1n) is 7.40. The summed E-state index contributed by atoms with van der Waals surface area (Å²) in [5.74, 6) is 2.75. The van der Waals surface area contributed by atoms with Crippen LogP contribution >= 0.6 is 0 Å². The van der Waals surface area contributed by atoms with Gasteiger partial charge >= 0.3 is 0 Å². The van der Waals surface area contributed by atoms with Gasteiger partial charge in [-0.2, -0.15) is 5.10 Å². The Bertz CT molecular complexity index is 701. The number of nitrogens with one attached hydrogen (secondary N) is 1. The molecule has 6 nitrogen and oxygen atoms in total. The number of hydrogen-bond donors (Lipinski definition) is 1. The van der Waals surface area contributed by atoms with E-state index in [2.05, 4.69) is 10.5 Å². The number of hydrogen-bond acceptors (Lipinski definition) is 6. The van der Waals surface area contributed by atoms with Crippen molar-refractivity contribution in [1.29, 1.82) is 0 Å². The molecular weight excluding hydrogens is 308 g/mol. The summed E-state index contributed by atoms with van der Waals surface area (Å²) in [7, 11) is 6.44. The van der Waals surface area contributed by atoms with Gasteiger partial charge in [-0.1, -0.05) is 6.07 Å². The Balaban J connectivity index is 1.97. The number of benzene rings is 2. The van der Waals surface area contributed by atoms with Crippen LogP contribution in [0.3, 0.4) is 0 Å². The molecular formula is C18H22N2O4. The highest BCUT2D eigenvalue weighted by Crippen LogP contribution is 2.28. The van der Waals surface area contributed by atoms with Gasteiger partial charge in [-0.05, 0) is 41.5 Å². The van der Waals surface area contributed by atoms with Gasteiger partial charge < -0.3 is 24.4 Å². The van der Waals surface area contributed by atoms with E-state index in [1.807, 2.05) is 36.4 Å². The maximum Gasteiger partial charge on any atom is 0.161 e. The number of methoxy groups -OCH3 is 4. The van der Waals surface area contributed by atoms with Crippen LogP contribution in [0, 0.1) is 0 Å². The number of ether oxygens (including phenoxy) is 4. The molecule has 2 rings (SSSR count). The lowest BCUT2D eigenvalue weighted by molar-refractivity contribution is 0.354. The van der Waals surface area contributed by atoms with Crippen molar-refractivity contribution in [3.8, 4) is 23.0 Å². The van der Waals surface area contributed by atoms with Gasteiger partial charge in [0.05, 0.1) is 41.2 Å². The average Bonchev–Trinajstić information content (AvgIpc) is 2.64. The van der Waals surface area contributed by atoms with Gasteiger partial charge in [0.15, 0.2) is 23.0 Å². The van der Waals surface area contributed by atoms with Crippen LogP contribution in [0.1, 0.15) is 11.1 Å². The largest absolute Gasteiger partial charge is 0.493 e. The summed E-state index contributed by atoms with van der Waals surface area (Å²) in [5, 5.41) is 4.22. The smallest absolute Gasteiger partial charge is 0.161 e. The van der Waals surface area contributed by atoms with E-state index in [0.717, 1.165) is 11.1 Å². The van der Waals surface area contributed by atoms with E-state index in [9.17, 15) is 0 Å². The first-order valence-corrected chi connectivity index (χ1v) is 7.40. The molecule has 0 atom stereocenters. The molecule has 24 heavy (non-hydrogen) atoms. The van der Waals surface area contributed by atoms with Gasteiger partial charge in [-0.3, -0.25) is 0 Å². The summed E-state index contributed by atoms with van der Waals surface area (Å²) in [5.41, 5.74) is 4.95. The molecule has 0 spiro atoms. The second-order valence-electron chi connectivity index (χ2n) is 4.90. The Hall–Kier alpha value is -2.89. The third-order valence-corrected chi connectivity index (χ3v) is 3.44. The molecule has 128 valence electrons. The molecule has 6 heteroatoms. The summed E-state index contributed by atoms with van der Waals surface area (Å²) < 4.78 is 21.0. The van der Waals surface area contributed by atoms with E-state index in [1.54, 1.807) is 34.7 Å². The number of rotatable bonds is 8. The van der Waals surface area contributed by atoms with Crippen LogP contribution in [-0.2, 0) is 6.54 Å². The lowest BCUT2D eigenvalue weighted by Crippen LogP contribution is -2.06. The predicted molar refractivity (Wildman–Crippen MR) is 93.5 cm³/mol. The molecule has 0 heterocycles. The maximum absolute atomic E-state index is 5.28. The zero-order valence-corrected chi connectivity index (χ0v) is 14.3. The van der Waals surface area contributed by atoms with E-state index in [-0.39, 0.29) is 0 Å². The predicted octanol–water partition coefficient (Wildman–Crippen LogP) is 2.84. The fraction of sp³-hybridized carbons (Fsp3) is 0.278. The van der Waals surface area contributed by atoms with Crippen LogP contribution in [0.25, 0.3) is 0 Å². The molecule has 2 aromatic rings. The molecule has 0 aliphatic carbocycles. The fourth-order valence-corrected chi connectivity index (χ4v) is 2.18. The van der Waals surface area contributed by atoms with E-state index >= 15 is 0 Å². The number of hydrazone groups is 1. The lowest BCUT2D eigenvalue weighted by atomic mass is 10.2. The summed E-state index contributed by atoms with van der Waals surface area (Å²) in [6, 6.07) is 11.4. The van der Waals surface area contributed by atoms with Crippen molar-refractivity contribution in [1.82, 2.24) is 5.43 Å². The third-order valence-electron chi connectivity index (χ3n) is 3.44. The first-order chi connectivity index (χ1) is 11.7. The van der Waals surface area contributed by atoms with Gasteiger partial charge in [0.2, 0.25) is 0 Å². The summed E-state index contributed by atoms with van der Waals surface area (Å²) in [6.07, 6.45) is 1.72. The van der Waals surface area contributed by atoms with Crippen molar-refractivity contribution < 1.29 is 18.9 Å². The van der Waals surface area contributed by atoms with Crippen LogP contribution < -0.4 is 24.4 Å².